The zero-order valence-electron chi connectivity index (χ0n) is 11.2. The monoisotopic (exact) mass is 515 g/mol. The van der Waals surface area contributed by atoms with Gasteiger partial charge in [-0.15, -0.1) is 0 Å². The lowest BCUT2D eigenvalue weighted by Gasteiger charge is -2.25. The van der Waals surface area contributed by atoms with Crippen molar-refractivity contribution in [2.75, 3.05) is 32.8 Å². The molecule has 0 spiro atoms. The summed E-state index contributed by atoms with van der Waals surface area (Å²) < 4.78 is 6.97. The summed E-state index contributed by atoms with van der Waals surface area (Å²) in [6.07, 6.45) is 1.46. The maximum absolute atomic E-state index is 11.7. The van der Waals surface area contributed by atoms with Crippen molar-refractivity contribution in [2.24, 2.45) is 5.10 Å². The van der Waals surface area contributed by atoms with Crippen LogP contribution in [0.5, 0.6) is 5.75 Å². The van der Waals surface area contributed by atoms with Crippen LogP contribution in [0.15, 0.2) is 17.2 Å². The van der Waals surface area contributed by atoms with Crippen LogP contribution in [0.1, 0.15) is 5.56 Å². The first kappa shape index (κ1) is 16.9. The van der Waals surface area contributed by atoms with Crippen LogP contribution in [0.25, 0.3) is 0 Å². The van der Waals surface area contributed by atoms with Gasteiger partial charge < -0.3 is 9.84 Å². The zero-order chi connectivity index (χ0) is 15.2. The van der Waals surface area contributed by atoms with E-state index in [9.17, 15) is 9.90 Å². The summed E-state index contributed by atoms with van der Waals surface area (Å²) in [5, 5.41) is 13.8. The molecule has 1 amide bonds. The van der Waals surface area contributed by atoms with Crippen LogP contribution in [0, 0.1) is 7.14 Å². The third kappa shape index (κ3) is 5.34. The number of phenols is 1. The fourth-order valence-corrected chi connectivity index (χ4v) is 3.75. The SMILES string of the molecule is O=C(CN1CCOCC1)N/N=C\c1cc(I)cc(I)c1O. The van der Waals surface area contributed by atoms with E-state index in [1.807, 2.05) is 11.0 Å². The number of morpholine rings is 1. The molecule has 1 aromatic rings. The maximum atomic E-state index is 11.7. The molecule has 0 atom stereocenters. The fraction of sp³-hybridized carbons (Fsp3) is 0.385. The first-order valence-corrected chi connectivity index (χ1v) is 8.52. The number of hydrazone groups is 1. The van der Waals surface area contributed by atoms with E-state index in [1.165, 1.54) is 6.21 Å². The Kier molecular flexibility index (Phi) is 6.64. The van der Waals surface area contributed by atoms with Gasteiger partial charge in [0.15, 0.2) is 0 Å². The van der Waals surface area contributed by atoms with E-state index < -0.39 is 0 Å². The summed E-state index contributed by atoms with van der Waals surface area (Å²) in [4.78, 5) is 13.8. The molecule has 0 aliphatic carbocycles. The minimum Gasteiger partial charge on any atom is -0.506 e. The molecule has 8 heteroatoms. The van der Waals surface area contributed by atoms with Crippen molar-refractivity contribution in [3.05, 3.63) is 24.8 Å². The molecule has 1 heterocycles. The van der Waals surface area contributed by atoms with Crippen molar-refractivity contribution in [3.8, 4) is 5.75 Å². The number of carbonyl (C=O) groups excluding carboxylic acids is 1. The van der Waals surface area contributed by atoms with Gasteiger partial charge in [0.25, 0.3) is 5.91 Å². The Labute approximate surface area is 150 Å². The third-order valence-electron chi connectivity index (χ3n) is 2.92. The number of phenolic OH excluding ortho intramolecular Hbond substituents is 1. The van der Waals surface area contributed by atoms with Gasteiger partial charge in [0, 0.05) is 22.2 Å². The number of hydrogen-bond acceptors (Lipinski definition) is 5. The molecule has 6 nitrogen and oxygen atoms in total. The fourth-order valence-electron chi connectivity index (χ4n) is 1.86. The van der Waals surface area contributed by atoms with Crippen molar-refractivity contribution in [1.29, 1.82) is 0 Å². The molecule has 0 aromatic heterocycles. The lowest BCUT2D eigenvalue weighted by Crippen LogP contribution is -2.42. The molecule has 0 bridgehead atoms. The van der Waals surface area contributed by atoms with E-state index in [4.69, 9.17) is 4.74 Å². The maximum Gasteiger partial charge on any atom is 0.254 e. The average molecular weight is 515 g/mol. The molecule has 2 rings (SSSR count). The summed E-state index contributed by atoms with van der Waals surface area (Å²) >= 11 is 4.22. The van der Waals surface area contributed by atoms with Gasteiger partial charge in [-0.2, -0.15) is 5.10 Å². The smallest absolute Gasteiger partial charge is 0.254 e. The van der Waals surface area contributed by atoms with E-state index in [0.717, 1.165) is 20.2 Å². The highest BCUT2D eigenvalue weighted by Gasteiger charge is 2.13. The van der Waals surface area contributed by atoms with Crippen LogP contribution in [0.4, 0.5) is 0 Å². The van der Waals surface area contributed by atoms with E-state index in [1.54, 1.807) is 6.07 Å². The second-order valence-electron chi connectivity index (χ2n) is 4.51. The number of amides is 1. The lowest BCUT2D eigenvalue weighted by atomic mass is 10.2. The van der Waals surface area contributed by atoms with E-state index in [2.05, 4.69) is 55.7 Å². The number of carbonyl (C=O) groups is 1. The molecule has 0 unspecified atom stereocenters. The number of hydrogen-bond donors (Lipinski definition) is 2. The molecular formula is C13H15I2N3O3. The Morgan fingerprint density at radius 3 is 2.86 bits per heavy atom. The van der Waals surface area contributed by atoms with Gasteiger partial charge in [-0.3, -0.25) is 9.69 Å². The van der Waals surface area contributed by atoms with Gasteiger partial charge >= 0.3 is 0 Å². The predicted octanol–water partition coefficient (Wildman–Crippen LogP) is 1.38. The lowest BCUT2D eigenvalue weighted by molar-refractivity contribution is -0.123. The van der Waals surface area contributed by atoms with Crippen LogP contribution < -0.4 is 5.43 Å². The van der Waals surface area contributed by atoms with Crippen molar-refractivity contribution in [2.45, 2.75) is 0 Å². The van der Waals surface area contributed by atoms with Gasteiger partial charge in [0.2, 0.25) is 0 Å². The van der Waals surface area contributed by atoms with Gasteiger partial charge in [0.1, 0.15) is 5.75 Å². The van der Waals surface area contributed by atoms with E-state index in [0.29, 0.717) is 25.3 Å². The van der Waals surface area contributed by atoms with Crippen LogP contribution in [0.3, 0.4) is 0 Å². The van der Waals surface area contributed by atoms with Crippen molar-refractivity contribution >= 4 is 57.3 Å². The highest BCUT2D eigenvalue weighted by Crippen LogP contribution is 2.25. The minimum atomic E-state index is -0.173. The number of nitrogens with one attached hydrogen (secondary N) is 1. The van der Waals surface area contributed by atoms with Gasteiger partial charge in [-0.1, -0.05) is 0 Å². The van der Waals surface area contributed by atoms with Crippen molar-refractivity contribution in [1.82, 2.24) is 10.3 Å². The number of aromatic hydroxyl groups is 1. The second-order valence-corrected chi connectivity index (χ2v) is 6.91. The largest absolute Gasteiger partial charge is 0.506 e. The molecule has 21 heavy (non-hydrogen) atoms. The first-order chi connectivity index (χ1) is 10.1. The highest BCUT2D eigenvalue weighted by atomic mass is 127. The molecule has 1 fully saturated rings. The van der Waals surface area contributed by atoms with E-state index >= 15 is 0 Å². The minimum absolute atomic E-state index is 0.169. The Morgan fingerprint density at radius 1 is 1.43 bits per heavy atom. The topological polar surface area (TPSA) is 74.2 Å². The number of rotatable bonds is 4. The molecule has 0 radical (unpaired) electrons. The molecular weight excluding hydrogens is 500 g/mol. The van der Waals surface area contributed by atoms with Crippen LogP contribution in [-0.4, -0.2) is 55.0 Å². The summed E-state index contributed by atoms with van der Waals surface area (Å²) in [6, 6.07) is 3.67. The molecule has 0 saturated carbocycles. The molecule has 1 saturated heterocycles. The first-order valence-electron chi connectivity index (χ1n) is 6.36. The summed E-state index contributed by atoms with van der Waals surface area (Å²) in [5.74, 6) is -0.00448. The Hall–Kier alpha value is -0.460. The molecule has 1 aliphatic rings. The average Bonchev–Trinajstić information content (AvgIpc) is 2.45. The number of halogens is 2. The van der Waals surface area contributed by atoms with Gasteiger partial charge in [-0.05, 0) is 57.3 Å². The summed E-state index contributed by atoms with van der Waals surface area (Å²) in [6.45, 7) is 3.13. The number of ether oxygens (including phenoxy) is 1. The molecule has 1 aromatic carbocycles. The predicted molar refractivity (Wildman–Crippen MR) is 96.5 cm³/mol. The molecule has 1 aliphatic heterocycles. The van der Waals surface area contributed by atoms with E-state index in [-0.39, 0.29) is 11.7 Å². The summed E-state index contributed by atoms with van der Waals surface area (Å²) in [7, 11) is 0. The van der Waals surface area contributed by atoms with Gasteiger partial charge in [-0.25, -0.2) is 5.43 Å². The zero-order valence-corrected chi connectivity index (χ0v) is 15.5. The Bertz CT molecular complexity index is 546. The number of nitrogens with zero attached hydrogens (tertiary/aromatic N) is 2. The normalized spacial score (nSPS) is 16.3. The summed E-state index contributed by atoms with van der Waals surface area (Å²) in [5.41, 5.74) is 3.06. The van der Waals surface area contributed by atoms with Crippen LogP contribution in [0.2, 0.25) is 0 Å². The standard InChI is InChI=1S/C13H15I2N3O3/c14-10-5-9(13(20)11(15)6-10)7-16-17-12(19)8-18-1-3-21-4-2-18/h5-7,20H,1-4,8H2,(H,17,19)/b16-7-. The second kappa shape index (κ2) is 8.25. The van der Waals surface area contributed by atoms with Crippen LogP contribution in [-0.2, 0) is 9.53 Å². The highest BCUT2D eigenvalue weighted by molar-refractivity contribution is 14.1. The Morgan fingerprint density at radius 2 is 2.14 bits per heavy atom. The quantitative estimate of drug-likeness (QED) is 0.362. The van der Waals surface area contributed by atoms with Gasteiger partial charge in [0.05, 0.1) is 29.5 Å². The van der Waals surface area contributed by atoms with Crippen LogP contribution >= 0.6 is 45.2 Å². The van der Waals surface area contributed by atoms with Crippen molar-refractivity contribution < 1.29 is 14.6 Å². The third-order valence-corrected chi connectivity index (χ3v) is 4.37. The Balaban J connectivity index is 1.88. The van der Waals surface area contributed by atoms with Crippen molar-refractivity contribution in [3.63, 3.8) is 0 Å². The number of benzene rings is 1. The molecule has 2 N–H and O–H groups in total. The molecule has 114 valence electrons.